The second-order valence-corrected chi connectivity index (χ2v) is 3.75. The van der Waals surface area contributed by atoms with Crippen LogP contribution in [-0.4, -0.2) is 24.3 Å². The van der Waals surface area contributed by atoms with Crippen molar-refractivity contribution >= 4 is 23.2 Å². The average molecular weight is 256 g/mol. The van der Waals surface area contributed by atoms with Gasteiger partial charge in [-0.3, -0.25) is 9.59 Å². The highest BCUT2D eigenvalue weighted by Gasteiger charge is 2.24. The number of ether oxygens (including phenoxy) is 1. The number of hydrogen-bond acceptors (Lipinski definition) is 3. The van der Waals surface area contributed by atoms with Crippen LogP contribution in [0, 0.1) is 0 Å². The van der Waals surface area contributed by atoms with Gasteiger partial charge in [-0.1, -0.05) is 0 Å². The molecule has 7 heteroatoms. The van der Waals surface area contributed by atoms with Gasteiger partial charge in [0.25, 0.3) is 11.8 Å². The van der Waals surface area contributed by atoms with Crippen molar-refractivity contribution in [2.24, 2.45) is 0 Å². The van der Waals surface area contributed by atoms with Crippen LogP contribution in [-0.2, 0) is 9.59 Å². The molecule has 0 fully saturated rings. The van der Waals surface area contributed by atoms with Crippen molar-refractivity contribution in [1.29, 1.82) is 0 Å². The Labute approximate surface area is 101 Å². The lowest BCUT2D eigenvalue weighted by Crippen LogP contribution is -2.34. The van der Waals surface area contributed by atoms with Crippen LogP contribution < -0.4 is 15.4 Å². The zero-order valence-electron chi connectivity index (χ0n) is 9.37. The third-order valence-corrected chi connectivity index (χ3v) is 2.38. The maximum absolute atomic E-state index is 12.1. The normalized spacial score (nSPS) is 17.8. The highest BCUT2D eigenvalue weighted by molar-refractivity contribution is 5.99. The number of fused-ring (bicyclic) bond motifs is 1. The van der Waals surface area contributed by atoms with Crippen molar-refractivity contribution in [1.82, 2.24) is 0 Å². The Morgan fingerprint density at radius 3 is 2.89 bits per heavy atom. The number of nitrogens with one attached hydrogen (secondary N) is 2. The zero-order chi connectivity index (χ0) is 13.3. The molecule has 0 saturated carbocycles. The number of halogens is 2. The van der Waals surface area contributed by atoms with Gasteiger partial charge < -0.3 is 15.4 Å². The van der Waals surface area contributed by atoms with E-state index < -0.39 is 18.4 Å². The van der Waals surface area contributed by atoms with Crippen molar-refractivity contribution in [2.45, 2.75) is 19.5 Å². The van der Waals surface area contributed by atoms with Crippen LogP contribution in [0.25, 0.3) is 0 Å². The molecule has 2 rings (SSSR count). The van der Waals surface area contributed by atoms with Gasteiger partial charge in [0, 0.05) is 5.69 Å². The van der Waals surface area contributed by atoms with Crippen LogP contribution in [0.15, 0.2) is 18.2 Å². The highest BCUT2D eigenvalue weighted by Crippen LogP contribution is 2.32. The quantitative estimate of drug-likeness (QED) is 0.844. The summed E-state index contributed by atoms with van der Waals surface area (Å²) in [5, 5.41) is 4.57. The fourth-order valence-electron chi connectivity index (χ4n) is 1.48. The molecule has 0 spiro atoms. The Hall–Kier alpha value is -2.18. The molecule has 1 aliphatic heterocycles. The maximum atomic E-state index is 12.1. The van der Waals surface area contributed by atoms with E-state index in [-0.39, 0.29) is 11.6 Å². The lowest BCUT2D eigenvalue weighted by Gasteiger charge is -2.23. The average Bonchev–Trinajstić information content (AvgIpc) is 2.31. The molecule has 0 aliphatic carbocycles. The van der Waals surface area contributed by atoms with Crippen molar-refractivity contribution in [2.75, 3.05) is 10.6 Å². The molecule has 2 N–H and O–H groups in total. The minimum Gasteiger partial charge on any atom is -0.479 e. The largest absolute Gasteiger partial charge is 0.479 e. The summed E-state index contributed by atoms with van der Waals surface area (Å²) in [6, 6.07) is 4.27. The van der Waals surface area contributed by atoms with Gasteiger partial charge in [0.2, 0.25) is 0 Å². The van der Waals surface area contributed by atoms with E-state index in [1.165, 1.54) is 18.2 Å². The van der Waals surface area contributed by atoms with E-state index in [0.29, 0.717) is 11.4 Å². The van der Waals surface area contributed by atoms with E-state index in [4.69, 9.17) is 4.74 Å². The predicted octanol–water partition coefficient (Wildman–Crippen LogP) is 1.61. The smallest absolute Gasteiger partial charge is 0.315 e. The van der Waals surface area contributed by atoms with Crippen LogP contribution >= 0.6 is 0 Å². The molecule has 0 bridgehead atoms. The summed E-state index contributed by atoms with van der Waals surface area (Å²) in [4.78, 5) is 22.2. The molecule has 96 valence electrons. The summed E-state index contributed by atoms with van der Waals surface area (Å²) >= 11 is 0. The van der Waals surface area contributed by atoms with Crippen LogP contribution in [0.4, 0.5) is 20.2 Å². The number of amides is 2. The van der Waals surface area contributed by atoms with Crippen LogP contribution in [0.1, 0.15) is 6.92 Å². The molecule has 0 saturated heterocycles. The number of rotatable bonds is 2. The van der Waals surface area contributed by atoms with Crippen molar-refractivity contribution in [3.05, 3.63) is 18.2 Å². The van der Waals surface area contributed by atoms with E-state index in [0.717, 1.165) is 0 Å². The molecule has 1 unspecified atom stereocenters. The third kappa shape index (κ3) is 2.39. The first-order valence-electron chi connectivity index (χ1n) is 5.18. The summed E-state index contributed by atoms with van der Waals surface area (Å²) in [6.07, 6.45) is -3.70. The van der Waals surface area contributed by atoms with Gasteiger partial charge in [-0.25, -0.2) is 0 Å². The Bertz CT molecular complexity index is 505. The van der Waals surface area contributed by atoms with Crippen molar-refractivity contribution < 1.29 is 23.1 Å². The SMILES string of the molecule is CC1Oc2ccc(NC(=O)C(F)F)cc2NC1=O. The molecular formula is C11H10F2N2O3. The Balaban J connectivity index is 2.20. The van der Waals surface area contributed by atoms with Crippen molar-refractivity contribution in [3.63, 3.8) is 0 Å². The minimum absolute atomic E-state index is 0.164. The standard InChI is InChI=1S/C11H10F2N2O3/c1-5-10(16)15-7-4-6(2-3-8(7)18-5)14-11(17)9(12)13/h2-5,9H,1H3,(H,14,17)(H,15,16). The van der Waals surface area contributed by atoms with Crippen molar-refractivity contribution in [3.8, 4) is 5.75 Å². The van der Waals surface area contributed by atoms with E-state index in [9.17, 15) is 18.4 Å². The Morgan fingerprint density at radius 1 is 1.50 bits per heavy atom. The lowest BCUT2D eigenvalue weighted by molar-refractivity contribution is -0.126. The molecule has 1 aromatic carbocycles. The predicted molar refractivity (Wildman–Crippen MR) is 59.8 cm³/mol. The molecule has 5 nitrogen and oxygen atoms in total. The molecule has 1 aliphatic rings. The first-order valence-corrected chi connectivity index (χ1v) is 5.18. The van der Waals surface area contributed by atoms with Gasteiger partial charge in [0.1, 0.15) is 5.75 Å². The Morgan fingerprint density at radius 2 is 2.22 bits per heavy atom. The summed E-state index contributed by atoms with van der Waals surface area (Å²) in [5.41, 5.74) is 0.502. The van der Waals surface area contributed by atoms with E-state index in [1.807, 2.05) is 5.32 Å². The minimum atomic E-state index is -3.09. The number of carbonyl (C=O) groups excluding carboxylic acids is 2. The lowest BCUT2D eigenvalue weighted by atomic mass is 10.2. The van der Waals surface area contributed by atoms with Crippen LogP contribution in [0.5, 0.6) is 5.75 Å². The number of alkyl halides is 2. The second-order valence-electron chi connectivity index (χ2n) is 3.75. The van der Waals surface area contributed by atoms with Gasteiger partial charge in [-0.05, 0) is 25.1 Å². The fourth-order valence-corrected chi connectivity index (χ4v) is 1.48. The fraction of sp³-hybridized carbons (Fsp3) is 0.273. The molecule has 1 atom stereocenters. The van der Waals surface area contributed by atoms with Gasteiger partial charge in [0.15, 0.2) is 6.10 Å². The first-order chi connectivity index (χ1) is 8.47. The number of anilines is 2. The van der Waals surface area contributed by atoms with Gasteiger partial charge in [-0.2, -0.15) is 8.78 Å². The molecule has 0 aromatic heterocycles. The summed E-state index contributed by atoms with van der Waals surface area (Å²) in [6.45, 7) is 1.59. The van der Waals surface area contributed by atoms with Gasteiger partial charge in [-0.15, -0.1) is 0 Å². The maximum Gasteiger partial charge on any atom is 0.315 e. The van der Waals surface area contributed by atoms with E-state index in [1.54, 1.807) is 6.92 Å². The molecule has 1 aromatic rings. The van der Waals surface area contributed by atoms with Crippen LogP contribution in [0.2, 0.25) is 0 Å². The molecule has 18 heavy (non-hydrogen) atoms. The number of carbonyl (C=O) groups is 2. The molecule has 1 heterocycles. The highest BCUT2D eigenvalue weighted by atomic mass is 19.3. The summed E-state index contributed by atoms with van der Waals surface area (Å²) in [5.74, 6) is -1.30. The topological polar surface area (TPSA) is 67.4 Å². The molecule has 2 amide bonds. The zero-order valence-corrected chi connectivity index (χ0v) is 9.37. The van der Waals surface area contributed by atoms with E-state index >= 15 is 0 Å². The van der Waals surface area contributed by atoms with Gasteiger partial charge >= 0.3 is 6.43 Å². The monoisotopic (exact) mass is 256 g/mol. The van der Waals surface area contributed by atoms with E-state index in [2.05, 4.69) is 5.32 Å². The van der Waals surface area contributed by atoms with Crippen LogP contribution in [0.3, 0.4) is 0 Å². The number of hydrogen-bond donors (Lipinski definition) is 2. The molecular weight excluding hydrogens is 246 g/mol. The summed E-state index contributed by atoms with van der Waals surface area (Å²) in [7, 11) is 0. The first kappa shape index (κ1) is 12.3. The van der Waals surface area contributed by atoms with Gasteiger partial charge in [0.05, 0.1) is 5.69 Å². The second kappa shape index (κ2) is 4.59. The Kier molecular flexibility index (Phi) is 3.14. The third-order valence-electron chi connectivity index (χ3n) is 2.38. The number of benzene rings is 1. The molecule has 0 radical (unpaired) electrons. The summed E-state index contributed by atoms with van der Waals surface area (Å²) < 4.78 is 29.4.